The summed E-state index contributed by atoms with van der Waals surface area (Å²) in [5.41, 5.74) is 0.757. The van der Waals surface area contributed by atoms with Crippen molar-refractivity contribution >= 4 is 44.4 Å². The molecule has 4 heteroatoms. The second kappa shape index (κ2) is 7.48. The van der Waals surface area contributed by atoms with Gasteiger partial charge in [0.2, 0.25) is 0 Å². The van der Waals surface area contributed by atoms with Gasteiger partial charge < -0.3 is 4.90 Å². The molecule has 0 aliphatic carbocycles. The van der Waals surface area contributed by atoms with Crippen LogP contribution < -0.4 is 0 Å². The normalized spacial score (nSPS) is 12.3. The molecule has 0 aromatic heterocycles. The molecular weight excluding hydrogens is 405 g/mol. The zero-order chi connectivity index (χ0) is 13.7. The van der Waals surface area contributed by atoms with E-state index in [2.05, 4.69) is 52.4 Å². The molecule has 0 spiro atoms. The first-order valence-electron chi connectivity index (χ1n) is 6.23. The molecule has 0 aliphatic heterocycles. The Kier molecular flexibility index (Phi) is 6.63. The predicted octanol–water partition coefficient (Wildman–Crippen LogP) is 4.56. The van der Waals surface area contributed by atoms with Crippen LogP contribution in [0.1, 0.15) is 37.6 Å². The average Bonchev–Trinajstić information content (AvgIpc) is 2.37. The minimum atomic E-state index is 0.114. The van der Waals surface area contributed by atoms with E-state index in [9.17, 15) is 4.79 Å². The predicted molar refractivity (Wildman–Crippen MR) is 87.9 cm³/mol. The maximum absolute atomic E-state index is 12.5. The molecule has 1 unspecified atom stereocenters. The summed E-state index contributed by atoms with van der Waals surface area (Å²) in [6.45, 7) is 7.94. The Hall–Kier alpha value is -0.100. The molecule has 2 nitrogen and oxygen atoms in total. The summed E-state index contributed by atoms with van der Waals surface area (Å²) in [6, 6.07) is 5.87. The van der Waals surface area contributed by atoms with Crippen molar-refractivity contribution in [3.05, 3.63) is 31.8 Å². The highest BCUT2D eigenvalue weighted by Crippen LogP contribution is 2.21. The Morgan fingerprint density at radius 2 is 2.11 bits per heavy atom. The second-order valence-corrected chi connectivity index (χ2v) is 6.58. The topological polar surface area (TPSA) is 20.3 Å². The van der Waals surface area contributed by atoms with Crippen LogP contribution in [0.2, 0.25) is 0 Å². The molecular formula is C14H19BrINO. The number of nitrogens with zero attached hydrogens (tertiary/aromatic N) is 1. The molecule has 0 heterocycles. The largest absolute Gasteiger partial charge is 0.339 e. The molecule has 1 amide bonds. The minimum Gasteiger partial charge on any atom is -0.339 e. The smallest absolute Gasteiger partial charge is 0.255 e. The van der Waals surface area contributed by atoms with Crippen molar-refractivity contribution in [3.8, 4) is 0 Å². The first-order valence-corrected chi connectivity index (χ1v) is 8.11. The lowest BCUT2D eigenvalue weighted by atomic mass is 10.1. The standard InChI is InChI=1S/C14H19BrINO/c1-4-10(3)9-17(5-2)14(18)12-8-11(16)6-7-13(12)15/h6-8,10H,4-5,9H2,1-3H3. The summed E-state index contributed by atoms with van der Waals surface area (Å²) >= 11 is 5.69. The van der Waals surface area contributed by atoms with Crippen LogP contribution in [0.25, 0.3) is 0 Å². The lowest BCUT2D eigenvalue weighted by Crippen LogP contribution is -2.34. The summed E-state index contributed by atoms with van der Waals surface area (Å²) in [5.74, 6) is 0.652. The third-order valence-electron chi connectivity index (χ3n) is 3.06. The molecule has 1 rings (SSSR count). The number of carbonyl (C=O) groups excluding carboxylic acids is 1. The highest BCUT2D eigenvalue weighted by Gasteiger charge is 2.18. The molecule has 0 saturated carbocycles. The van der Waals surface area contributed by atoms with Gasteiger partial charge in [-0.25, -0.2) is 0 Å². The maximum Gasteiger partial charge on any atom is 0.255 e. The van der Waals surface area contributed by atoms with Crippen molar-refractivity contribution in [3.63, 3.8) is 0 Å². The number of halogens is 2. The molecule has 0 N–H and O–H groups in total. The number of amides is 1. The fourth-order valence-electron chi connectivity index (χ4n) is 1.69. The van der Waals surface area contributed by atoms with Gasteiger partial charge in [0.25, 0.3) is 5.91 Å². The van der Waals surface area contributed by atoms with Crippen LogP contribution in [0, 0.1) is 9.49 Å². The van der Waals surface area contributed by atoms with Gasteiger partial charge >= 0.3 is 0 Å². The van der Waals surface area contributed by atoms with E-state index in [1.807, 2.05) is 30.0 Å². The van der Waals surface area contributed by atoms with E-state index in [1.54, 1.807) is 0 Å². The van der Waals surface area contributed by atoms with E-state index in [0.29, 0.717) is 5.92 Å². The van der Waals surface area contributed by atoms with Gasteiger partial charge in [0.05, 0.1) is 5.56 Å². The van der Waals surface area contributed by atoms with Crippen LogP contribution in [0.5, 0.6) is 0 Å². The van der Waals surface area contributed by atoms with Crippen molar-refractivity contribution < 1.29 is 4.79 Å². The van der Waals surface area contributed by atoms with Crippen LogP contribution in [-0.2, 0) is 0 Å². The van der Waals surface area contributed by atoms with Gasteiger partial charge in [-0.3, -0.25) is 4.79 Å². The second-order valence-electron chi connectivity index (χ2n) is 4.48. The van der Waals surface area contributed by atoms with Crippen molar-refractivity contribution in [2.75, 3.05) is 13.1 Å². The van der Waals surface area contributed by atoms with Gasteiger partial charge in [-0.2, -0.15) is 0 Å². The number of carbonyl (C=O) groups is 1. The van der Waals surface area contributed by atoms with Crippen molar-refractivity contribution in [1.82, 2.24) is 4.90 Å². The van der Waals surface area contributed by atoms with Crippen LogP contribution in [0.4, 0.5) is 0 Å². The zero-order valence-corrected chi connectivity index (χ0v) is 14.8. The maximum atomic E-state index is 12.5. The molecule has 0 fully saturated rings. The van der Waals surface area contributed by atoms with Gasteiger partial charge in [0, 0.05) is 21.1 Å². The minimum absolute atomic E-state index is 0.114. The fourth-order valence-corrected chi connectivity index (χ4v) is 2.60. The lowest BCUT2D eigenvalue weighted by molar-refractivity contribution is 0.0740. The van der Waals surface area contributed by atoms with Crippen LogP contribution >= 0.6 is 38.5 Å². The third kappa shape index (κ3) is 4.23. The first kappa shape index (κ1) is 16.0. The average molecular weight is 424 g/mol. The fraction of sp³-hybridized carbons (Fsp3) is 0.500. The Balaban J connectivity index is 2.92. The quantitative estimate of drug-likeness (QED) is 0.635. The molecule has 1 atom stereocenters. The number of hydrogen-bond donors (Lipinski definition) is 0. The molecule has 0 saturated heterocycles. The Bertz CT molecular complexity index is 422. The van der Waals surface area contributed by atoms with Gasteiger partial charge in [0.1, 0.15) is 0 Å². The lowest BCUT2D eigenvalue weighted by Gasteiger charge is -2.24. The summed E-state index contributed by atoms with van der Waals surface area (Å²) in [4.78, 5) is 14.4. The number of rotatable bonds is 5. The molecule has 1 aromatic carbocycles. The van der Waals surface area contributed by atoms with Crippen molar-refractivity contribution in [2.45, 2.75) is 27.2 Å². The monoisotopic (exact) mass is 423 g/mol. The van der Waals surface area contributed by atoms with E-state index in [1.165, 1.54) is 0 Å². The summed E-state index contributed by atoms with van der Waals surface area (Å²) in [6.07, 6.45) is 1.09. The molecule has 1 aromatic rings. The first-order chi connectivity index (χ1) is 8.49. The van der Waals surface area contributed by atoms with E-state index in [0.717, 1.165) is 33.1 Å². The van der Waals surface area contributed by atoms with E-state index in [-0.39, 0.29) is 5.91 Å². The van der Waals surface area contributed by atoms with Gasteiger partial charge in [-0.15, -0.1) is 0 Å². The van der Waals surface area contributed by atoms with Gasteiger partial charge in [-0.05, 0) is 69.6 Å². The Morgan fingerprint density at radius 3 is 2.67 bits per heavy atom. The van der Waals surface area contributed by atoms with Crippen LogP contribution in [0.15, 0.2) is 22.7 Å². The van der Waals surface area contributed by atoms with E-state index in [4.69, 9.17) is 0 Å². The summed E-state index contributed by atoms with van der Waals surface area (Å²) < 4.78 is 1.95. The molecule has 0 bridgehead atoms. The third-order valence-corrected chi connectivity index (χ3v) is 4.42. The highest BCUT2D eigenvalue weighted by atomic mass is 127. The number of benzene rings is 1. The molecule has 0 aliphatic rings. The van der Waals surface area contributed by atoms with E-state index < -0.39 is 0 Å². The highest BCUT2D eigenvalue weighted by molar-refractivity contribution is 14.1. The Labute approximate surface area is 131 Å². The summed E-state index contributed by atoms with van der Waals surface area (Å²) in [7, 11) is 0. The molecule has 100 valence electrons. The van der Waals surface area contributed by atoms with Crippen LogP contribution in [-0.4, -0.2) is 23.9 Å². The van der Waals surface area contributed by atoms with Gasteiger partial charge in [0.15, 0.2) is 0 Å². The van der Waals surface area contributed by atoms with Crippen LogP contribution in [0.3, 0.4) is 0 Å². The zero-order valence-electron chi connectivity index (χ0n) is 11.0. The number of hydrogen-bond acceptors (Lipinski definition) is 1. The SMILES string of the molecule is CCC(C)CN(CC)C(=O)c1cc(I)ccc1Br. The summed E-state index contributed by atoms with van der Waals surface area (Å²) in [5, 5.41) is 0. The Morgan fingerprint density at radius 1 is 1.44 bits per heavy atom. The van der Waals surface area contributed by atoms with Gasteiger partial charge in [-0.1, -0.05) is 20.3 Å². The van der Waals surface area contributed by atoms with Crippen molar-refractivity contribution in [1.29, 1.82) is 0 Å². The molecule has 0 radical (unpaired) electrons. The van der Waals surface area contributed by atoms with E-state index >= 15 is 0 Å². The van der Waals surface area contributed by atoms with Crippen molar-refractivity contribution in [2.24, 2.45) is 5.92 Å². The molecule has 18 heavy (non-hydrogen) atoms.